The van der Waals surface area contributed by atoms with Gasteiger partial charge in [0.15, 0.2) is 0 Å². The van der Waals surface area contributed by atoms with E-state index in [1.807, 2.05) is 16.9 Å². The fraction of sp³-hybridized carbons (Fsp3) is 0.500. The second kappa shape index (κ2) is 7.49. The van der Waals surface area contributed by atoms with E-state index < -0.39 is 0 Å². The van der Waals surface area contributed by atoms with Crippen molar-refractivity contribution in [2.45, 2.75) is 25.6 Å². The first-order valence-corrected chi connectivity index (χ1v) is 7.63. The van der Waals surface area contributed by atoms with Crippen molar-refractivity contribution in [1.82, 2.24) is 20.1 Å². The van der Waals surface area contributed by atoms with Crippen LogP contribution in [0.1, 0.15) is 22.9 Å². The lowest BCUT2D eigenvalue weighted by Crippen LogP contribution is -2.27. The van der Waals surface area contributed by atoms with Crippen LogP contribution in [0.4, 0.5) is 0 Å². The molecule has 22 heavy (non-hydrogen) atoms. The SMILES string of the molecule is COCCn1cc2c(n1)C(CNCc1cccnc1)OCC2. The number of pyridine rings is 1. The van der Waals surface area contributed by atoms with Gasteiger partial charge in [-0.1, -0.05) is 6.07 Å². The topological polar surface area (TPSA) is 61.2 Å². The van der Waals surface area contributed by atoms with Gasteiger partial charge in [0.25, 0.3) is 0 Å². The molecule has 1 aliphatic rings. The smallest absolute Gasteiger partial charge is 0.114 e. The average molecular weight is 302 g/mol. The summed E-state index contributed by atoms with van der Waals surface area (Å²) >= 11 is 0. The molecule has 0 spiro atoms. The molecule has 0 radical (unpaired) electrons. The molecule has 3 rings (SSSR count). The summed E-state index contributed by atoms with van der Waals surface area (Å²) in [6, 6.07) is 4.01. The predicted octanol–water partition coefficient (Wildman–Crippen LogP) is 1.33. The van der Waals surface area contributed by atoms with Crippen LogP contribution in [-0.4, -0.2) is 41.6 Å². The quantitative estimate of drug-likeness (QED) is 0.836. The Kier molecular flexibility index (Phi) is 5.15. The molecule has 0 fully saturated rings. The first-order valence-electron chi connectivity index (χ1n) is 7.63. The summed E-state index contributed by atoms with van der Waals surface area (Å²) in [5, 5.41) is 8.08. The van der Waals surface area contributed by atoms with Crippen molar-refractivity contribution >= 4 is 0 Å². The number of fused-ring (bicyclic) bond motifs is 1. The zero-order chi connectivity index (χ0) is 15.2. The van der Waals surface area contributed by atoms with Gasteiger partial charge in [0, 0.05) is 38.8 Å². The summed E-state index contributed by atoms with van der Waals surface area (Å²) in [4.78, 5) is 4.12. The van der Waals surface area contributed by atoms with Crippen LogP contribution in [0.15, 0.2) is 30.7 Å². The van der Waals surface area contributed by atoms with Crippen molar-refractivity contribution in [3.63, 3.8) is 0 Å². The molecule has 118 valence electrons. The van der Waals surface area contributed by atoms with E-state index in [4.69, 9.17) is 9.47 Å². The number of hydrogen-bond donors (Lipinski definition) is 1. The lowest BCUT2D eigenvalue weighted by Gasteiger charge is -2.22. The van der Waals surface area contributed by atoms with E-state index in [0.29, 0.717) is 6.61 Å². The Morgan fingerprint density at radius 2 is 2.45 bits per heavy atom. The van der Waals surface area contributed by atoms with Gasteiger partial charge >= 0.3 is 0 Å². The molecule has 1 N–H and O–H groups in total. The summed E-state index contributed by atoms with van der Waals surface area (Å²) in [6.45, 7) is 3.74. The molecular weight excluding hydrogens is 280 g/mol. The second-order valence-electron chi connectivity index (χ2n) is 5.40. The number of aromatic nitrogens is 3. The molecule has 0 saturated heterocycles. The Morgan fingerprint density at radius 1 is 1.50 bits per heavy atom. The maximum absolute atomic E-state index is 5.87. The lowest BCUT2D eigenvalue weighted by molar-refractivity contribution is 0.0392. The monoisotopic (exact) mass is 302 g/mol. The van der Waals surface area contributed by atoms with Crippen molar-refractivity contribution in [1.29, 1.82) is 0 Å². The van der Waals surface area contributed by atoms with Crippen molar-refractivity contribution in [3.05, 3.63) is 47.5 Å². The van der Waals surface area contributed by atoms with Gasteiger partial charge in [0.1, 0.15) is 6.10 Å². The van der Waals surface area contributed by atoms with Crippen LogP contribution in [0.3, 0.4) is 0 Å². The fourth-order valence-electron chi connectivity index (χ4n) is 2.64. The molecule has 6 heteroatoms. The van der Waals surface area contributed by atoms with Crippen LogP contribution in [-0.2, 0) is 29.0 Å². The Labute approximate surface area is 130 Å². The van der Waals surface area contributed by atoms with Gasteiger partial charge in [-0.15, -0.1) is 0 Å². The highest BCUT2D eigenvalue weighted by molar-refractivity contribution is 5.22. The maximum atomic E-state index is 5.87. The van der Waals surface area contributed by atoms with Crippen molar-refractivity contribution < 1.29 is 9.47 Å². The largest absolute Gasteiger partial charge is 0.383 e. The highest BCUT2D eigenvalue weighted by Gasteiger charge is 2.24. The minimum absolute atomic E-state index is 0.0178. The lowest BCUT2D eigenvalue weighted by atomic mass is 10.1. The zero-order valence-electron chi connectivity index (χ0n) is 12.9. The van der Waals surface area contributed by atoms with Gasteiger partial charge in [-0.3, -0.25) is 9.67 Å². The zero-order valence-corrected chi connectivity index (χ0v) is 12.9. The molecule has 0 aliphatic carbocycles. The summed E-state index contributed by atoms with van der Waals surface area (Å²) in [5.74, 6) is 0. The highest BCUT2D eigenvalue weighted by Crippen LogP contribution is 2.25. The standard InChI is InChI=1S/C16H22N4O2/c1-21-8-6-20-12-14-4-7-22-15(16(14)19-20)11-18-10-13-3-2-5-17-9-13/h2-3,5,9,12,15,18H,4,6-8,10-11H2,1H3. The molecular formula is C16H22N4O2. The Hall–Kier alpha value is -1.76. The van der Waals surface area contributed by atoms with Crippen LogP contribution in [0, 0.1) is 0 Å². The van der Waals surface area contributed by atoms with E-state index in [-0.39, 0.29) is 6.10 Å². The van der Waals surface area contributed by atoms with Gasteiger partial charge in [-0.05, 0) is 23.6 Å². The van der Waals surface area contributed by atoms with Gasteiger partial charge in [-0.25, -0.2) is 0 Å². The van der Waals surface area contributed by atoms with E-state index in [1.165, 1.54) is 11.1 Å². The number of nitrogens with zero attached hydrogens (tertiary/aromatic N) is 3. The Bertz CT molecular complexity index is 585. The van der Waals surface area contributed by atoms with Crippen molar-refractivity contribution in [2.75, 3.05) is 26.9 Å². The van der Waals surface area contributed by atoms with E-state index in [2.05, 4.69) is 27.7 Å². The predicted molar refractivity (Wildman–Crippen MR) is 82.4 cm³/mol. The third kappa shape index (κ3) is 3.71. The van der Waals surface area contributed by atoms with Crippen LogP contribution in [0.25, 0.3) is 0 Å². The molecule has 1 aliphatic heterocycles. The Balaban J connectivity index is 1.58. The van der Waals surface area contributed by atoms with E-state index in [1.54, 1.807) is 13.3 Å². The molecule has 6 nitrogen and oxygen atoms in total. The van der Waals surface area contributed by atoms with Crippen molar-refractivity contribution in [3.8, 4) is 0 Å². The molecule has 1 unspecified atom stereocenters. The van der Waals surface area contributed by atoms with E-state index >= 15 is 0 Å². The molecule has 1 atom stereocenters. The molecule has 2 aromatic rings. The number of ether oxygens (including phenoxy) is 2. The minimum Gasteiger partial charge on any atom is -0.383 e. The number of nitrogens with one attached hydrogen (secondary N) is 1. The van der Waals surface area contributed by atoms with E-state index in [0.717, 1.165) is 38.4 Å². The molecule has 0 saturated carbocycles. The van der Waals surface area contributed by atoms with Gasteiger partial charge in [0.05, 0.1) is 25.5 Å². The van der Waals surface area contributed by atoms with Crippen molar-refractivity contribution in [2.24, 2.45) is 0 Å². The summed E-state index contributed by atoms with van der Waals surface area (Å²) in [7, 11) is 1.71. The Morgan fingerprint density at radius 3 is 3.27 bits per heavy atom. The number of methoxy groups -OCH3 is 1. The number of hydrogen-bond acceptors (Lipinski definition) is 5. The van der Waals surface area contributed by atoms with Gasteiger partial charge < -0.3 is 14.8 Å². The summed E-state index contributed by atoms with van der Waals surface area (Å²) in [6.07, 6.45) is 6.72. The first kappa shape index (κ1) is 15.1. The third-order valence-corrected chi connectivity index (χ3v) is 3.77. The van der Waals surface area contributed by atoms with Crippen LogP contribution < -0.4 is 5.32 Å². The van der Waals surface area contributed by atoms with Gasteiger partial charge in [-0.2, -0.15) is 5.10 Å². The van der Waals surface area contributed by atoms with Crippen LogP contribution >= 0.6 is 0 Å². The first-order chi connectivity index (χ1) is 10.9. The summed E-state index contributed by atoms with van der Waals surface area (Å²) in [5.41, 5.74) is 3.51. The number of rotatable bonds is 7. The average Bonchev–Trinajstić information content (AvgIpc) is 2.98. The fourth-order valence-corrected chi connectivity index (χ4v) is 2.64. The third-order valence-electron chi connectivity index (χ3n) is 3.77. The summed E-state index contributed by atoms with van der Waals surface area (Å²) < 4.78 is 12.9. The van der Waals surface area contributed by atoms with E-state index in [9.17, 15) is 0 Å². The molecule has 2 aromatic heterocycles. The van der Waals surface area contributed by atoms with Crippen LogP contribution in [0.2, 0.25) is 0 Å². The van der Waals surface area contributed by atoms with Gasteiger partial charge in [0.2, 0.25) is 0 Å². The normalized spacial score (nSPS) is 17.4. The molecule has 0 amide bonds. The minimum atomic E-state index is 0.0178. The highest BCUT2D eigenvalue weighted by atomic mass is 16.5. The molecule has 0 bridgehead atoms. The molecule has 3 heterocycles. The second-order valence-corrected chi connectivity index (χ2v) is 5.40. The van der Waals surface area contributed by atoms with Crippen LogP contribution in [0.5, 0.6) is 0 Å². The molecule has 0 aromatic carbocycles. The maximum Gasteiger partial charge on any atom is 0.114 e.